The second kappa shape index (κ2) is 6.61. The molecule has 0 spiro atoms. The molecular formula is C19H21N3O2S. The highest BCUT2D eigenvalue weighted by molar-refractivity contribution is 7.08. The van der Waals surface area contributed by atoms with E-state index in [1.165, 1.54) is 17.8 Å². The van der Waals surface area contributed by atoms with E-state index in [9.17, 15) is 9.59 Å². The van der Waals surface area contributed by atoms with Gasteiger partial charge in [-0.2, -0.15) is 0 Å². The van der Waals surface area contributed by atoms with E-state index in [2.05, 4.69) is 10.2 Å². The molecule has 5 nitrogen and oxygen atoms in total. The SMILES string of the molecule is CC(C(=O)N1c2ccccc2NC(=O)c2cscc21)N1CCCCC1. The van der Waals surface area contributed by atoms with Gasteiger partial charge >= 0.3 is 0 Å². The second-order valence-corrected chi connectivity index (χ2v) is 7.33. The van der Waals surface area contributed by atoms with Gasteiger partial charge in [-0.05, 0) is 45.0 Å². The number of nitrogens with zero attached hydrogens (tertiary/aromatic N) is 2. The van der Waals surface area contributed by atoms with E-state index < -0.39 is 0 Å². The Bertz CT molecular complexity index is 811. The first-order valence-electron chi connectivity index (χ1n) is 8.71. The van der Waals surface area contributed by atoms with E-state index in [1.54, 1.807) is 4.90 Å². The van der Waals surface area contributed by atoms with Crippen LogP contribution in [0.2, 0.25) is 0 Å². The average Bonchev–Trinajstić information content (AvgIpc) is 3.09. The number of likely N-dealkylation sites (tertiary alicyclic amines) is 1. The minimum Gasteiger partial charge on any atom is -0.320 e. The molecule has 1 fully saturated rings. The van der Waals surface area contributed by atoms with Crippen molar-refractivity contribution < 1.29 is 9.59 Å². The molecule has 2 amide bonds. The highest BCUT2D eigenvalue weighted by Gasteiger charge is 2.34. The highest BCUT2D eigenvalue weighted by Crippen LogP contribution is 2.40. The highest BCUT2D eigenvalue weighted by atomic mass is 32.1. The molecule has 1 N–H and O–H groups in total. The lowest BCUT2D eigenvalue weighted by Gasteiger charge is -2.34. The molecule has 130 valence electrons. The predicted molar refractivity (Wildman–Crippen MR) is 101 cm³/mol. The number of rotatable bonds is 2. The molecule has 0 saturated carbocycles. The Kier molecular flexibility index (Phi) is 4.31. The zero-order valence-corrected chi connectivity index (χ0v) is 15.0. The van der Waals surface area contributed by atoms with Crippen molar-refractivity contribution in [1.29, 1.82) is 0 Å². The Labute approximate surface area is 151 Å². The molecule has 0 radical (unpaired) electrons. The standard InChI is InChI=1S/C19H21N3O2S/c1-13(21-9-5-2-6-10-21)19(24)22-16-8-4-3-7-15(16)20-18(23)14-11-25-12-17(14)22/h3-4,7-8,11-13H,2,5-6,9-10H2,1H3,(H,20,23). The zero-order valence-electron chi connectivity index (χ0n) is 14.2. The molecule has 2 aliphatic heterocycles. The fourth-order valence-corrected chi connectivity index (χ4v) is 4.41. The molecule has 1 unspecified atom stereocenters. The number of carbonyl (C=O) groups excluding carboxylic acids is 2. The van der Waals surface area contributed by atoms with Gasteiger partial charge in [0.05, 0.1) is 28.7 Å². The predicted octanol–water partition coefficient (Wildman–Crippen LogP) is 3.85. The summed E-state index contributed by atoms with van der Waals surface area (Å²) in [6.45, 7) is 3.88. The number of carbonyl (C=O) groups is 2. The Morgan fingerprint density at radius 3 is 2.68 bits per heavy atom. The summed E-state index contributed by atoms with van der Waals surface area (Å²) in [4.78, 5) is 29.9. The number of hydrogen-bond donors (Lipinski definition) is 1. The average molecular weight is 355 g/mol. The number of benzene rings is 1. The van der Waals surface area contributed by atoms with Gasteiger partial charge in [0.1, 0.15) is 0 Å². The number of piperidine rings is 1. The van der Waals surface area contributed by atoms with Crippen molar-refractivity contribution in [3.63, 3.8) is 0 Å². The molecule has 3 heterocycles. The van der Waals surface area contributed by atoms with Gasteiger partial charge in [-0.25, -0.2) is 0 Å². The van der Waals surface area contributed by atoms with Gasteiger partial charge in [0, 0.05) is 10.8 Å². The summed E-state index contributed by atoms with van der Waals surface area (Å²) in [6, 6.07) is 7.29. The number of anilines is 3. The molecule has 2 aliphatic rings. The largest absolute Gasteiger partial charge is 0.320 e. The number of thiophene rings is 1. The van der Waals surface area contributed by atoms with Crippen LogP contribution in [-0.2, 0) is 4.79 Å². The van der Waals surface area contributed by atoms with Crippen molar-refractivity contribution in [1.82, 2.24) is 4.90 Å². The van der Waals surface area contributed by atoms with Crippen LogP contribution in [-0.4, -0.2) is 35.8 Å². The van der Waals surface area contributed by atoms with E-state index in [-0.39, 0.29) is 17.9 Å². The molecule has 2 aromatic rings. The first-order chi connectivity index (χ1) is 12.2. The fourth-order valence-electron chi connectivity index (χ4n) is 3.61. The molecular weight excluding hydrogens is 334 g/mol. The van der Waals surface area contributed by atoms with E-state index in [0.717, 1.165) is 31.6 Å². The fraction of sp³-hybridized carbons (Fsp3) is 0.368. The number of nitrogens with one attached hydrogen (secondary N) is 1. The Hall–Kier alpha value is -2.18. The van der Waals surface area contributed by atoms with Gasteiger partial charge < -0.3 is 5.32 Å². The van der Waals surface area contributed by atoms with E-state index in [1.807, 2.05) is 41.9 Å². The van der Waals surface area contributed by atoms with E-state index >= 15 is 0 Å². The first kappa shape index (κ1) is 16.3. The summed E-state index contributed by atoms with van der Waals surface area (Å²) in [5.41, 5.74) is 2.65. The summed E-state index contributed by atoms with van der Waals surface area (Å²) in [5.74, 6) is -0.143. The van der Waals surface area contributed by atoms with Crippen LogP contribution in [0.1, 0.15) is 36.5 Å². The maximum Gasteiger partial charge on any atom is 0.258 e. The summed E-state index contributed by atoms with van der Waals surface area (Å²) in [7, 11) is 0. The van der Waals surface area contributed by atoms with E-state index in [0.29, 0.717) is 16.9 Å². The lowest BCUT2D eigenvalue weighted by molar-refractivity contribution is -0.122. The van der Waals surface area contributed by atoms with Gasteiger partial charge in [-0.3, -0.25) is 19.4 Å². The third-order valence-corrected chi connectivity index (χ3v) is 5.77. The number of amides is 2. The number of para-hydroxylation sites is 2. The quantitative estimate of drug-likeness (QED) is 0.890. The molecule has 1 saturated heterocycles. The Morgan fingerprint density at radius 1 is 1.12 bits per heavy atom. The van der Waals surface area contributed by atoms with Crippen molar-refractivity contribution in [2.75, 3.05) is 23.3 Å². The van der Waals surface area contributed by atoms with E-state index in [4.69, 9.17) is 0 Å². The lowest BCUT2D eigenvalue weighted by Crippen LogP contribution is -2.47. The number of fused-ring (bicyclic) bond motifs is 2. The molecule has 25 heavy (non-hydrogen) atoms. The van der Waals surface area contributed by atoms with Crippen molar-refractivity contribution in [2.24, 2.45) is 0 Å². The van der Waals surface area contributed by atoms with Crippen LogP contribution >= 0.6 is 11.3 Å². The van der Waals surface area contributed by atoms with Crippen molar-refractivity contribution in [3.05, 3.63) is 40.6 Å². The third-order valence-electron chi connectivity index (χ3n) is 5.04. The van der Waals surface area contributed by atoms with Crippen molar-refractivity contribution >= 4 is 40.2 Å². The van der Waals surface area contributed by atoms with Crippen LogP contribution in [0.25, 0.3) is 0 Å². The summed E-state index contributed by atoms with van der Waals surface area (Å²) >= 11 is 1.44. The Morgan fingerprint density at radius 2 is 1.88 bits per heavy atom. The molecule has 6 heteroatoms. The molecule has 0 aliphatic carbocycles. The van der Waals surface area contributed by atoms with Gasteiger partial charge in [0.15, 0.2) is 0 Å². The van der Waals surface area contributed by atoms with Crippen LogP contribution in [0.15, 0.2) is 35.0 Å². The van der Waals surface area contributed by atoms with Gasteiger partial charge in [0.25, 0.3) is 5.91 Å². The lowest BCUT2D eigenvalue weighted by atomic mass is 10.1. The first-order valence-corrected chi connectivity index (χ1v) is 9.65. The molecule has 1 aromatic heterocycles. The van der Waals surface area contributed by atoms with Crippen LogP contribution in [0.5, 0.6) is 0 Å². The van der Waals surface area contributed by atoms with Crippen molar-refractivity contribution in [2.45, 2.75) is 32.2 Å². The maximum atomic E-state index is 13.4. The maximum absolute atomic E-state index is 13.4. The molecule has 0 bridgehead atoms. The second-order valence-electron chi connectivity index (χ2n) is 6.59. The van der Waals surface area contributed by atoms with Gasteiger partial charge in [-0.1, -0.05) is 18.6 Å². The van der Waals surface area contributed by atoms with Gasteiger partial charge in [-0.15, -0.1) is 11.3 Å². The monoisotopic (exact) mass is 355 g/mol. The summed E-state index contributed by atoms with van der Waals surface area (Å²) in [6.07, 6.45) is 3.51. The molecule has 1 atom stereocenters. The smallest absolute Gasteiger partial charge is 0.258 e. The number of hydrogen-bond acceptors (Lipinski definition) is 4. The normalized spacial score (nSPS) is 18.8. The summed E-state index contributed by atoms with van der Waals surface area (Å²) in [5, 5.41) is 6.62. The third kappa shape index (κ3) is 2.85. The van der Waals surface area contributed by atoms with Gasteiger partial charge in [0.2, 0.25) is 5.91 Å². The Balaban J connectivity index is 1.76. The van der Waals surface area contributed by atoms with Crippen LogP contribution in [0, 0.1) is 0 Å². The van der Waals surface area contributed by atoms with Crippen LogP contribution in [0.4, 0.5) is 17.1 Å². The zero-order chi connectivity index (χ0) is 17.4. The minimum absolute atomic E-state index is 0.0190. The van der Waals surface area contributed by atoms with Crippen molar-refractivity contribution in [3.8, 4) is 0 Å². The minimum atomic E-state index is -0.214. The molecule has 1 aromatic carbocycles. The summed E-state index contributed by atoms with van der Waals surface area (Å²) < 4.78 is 0. The molecule has 4 rings (SSSR count). The van der Waals surface area contributed by atoms with Crippen LogP contribution in [0.3, 0.4) is 0 Å². The van der Waals surface area contributed by atoms with Crippen LogP contribution < -0.4 is 10.2 Å². The topological polar surface area (TPSA) is 52.7 Å².